The minimum Gasteiger partial charge on any atom is -0.384 e. The molecule has 0 radical (unpaired) electrons. The third-order valence-corrected chi connectivity index (χ3v) is 3.71. The third-order valence-electron chi connectivity index (χ3n) is 3.71. The highest BCUT2D eigenvalue weighted by Gasteiger charge is 2.66. The second-order valence-electron chi connectivity index (χ2n) is 4.36. The van der Waals surface area contributed by atoms with E-state index in [4.69, 9.17) is 10.5 Å². The molecule has 66 valence electrons. The SMILES string of the molecule is COCC1(C)C(CN)C1(C)C. The Labute approximate surface area is 69.1 Å². The molecule has 1 aliphatic carbocycles. The quantitative estimate of drug-likeness (QED) is 0.669. The van der Waals surface area contributed by atoms with E-state index in [-0.39, 0.29) is 0 Å². The minimum atomic E-state index is 0.316. The van der Waals surface area contributed by atoms with Crippen LogP contribution in [0.3, 0.4) is 0 Å². The van der Waals surface area contributed by atoms with Crippen molar-refractivity contribution in [3.63, 3.8) is 0 Å². The molecule has 2 heteroatoms. The summed E-state index contributed by atoms with van der Waals surface area (Å²) in [5, 5.41) is 0. The van der Waals surface area contributed by atoms with Crippen LogP contribution in [0.4, 0.5) is 0 Å². The molecule has 1 saturated carbocycles. The number of hydrogen-bond donors (Lipinski definition) is 1. The summed E-state index contributed by atoms with van der Waals surface area (Å²) in [6.07, 6.45) is 0. The highest BCUT2D eigenvalue weighted by atomic mass is 16.5. The summed E-state index contributed by atoms with van der Waals surface area (Å²) in [5.74, 6) is 0.634. The van der Waals surface area contributed by atoms with Crippen LogP contribution in [0.5, 0.6) is 0 Å². The van der Waals surface area contributed by atoms with Crippen molar-refractivity contribution >= 4 is 0 Å². The molecule has 0 heterocycles. The highest BCUT2D eigenvalue weighted by Crippen LogP contribution is 2.68. The fourth-order valence-electron chi connectivity index (χ4n) is 2.34. The fourth-order valence-corrected chi connectivity index (χ4v) is 2.34. The molecule has 11 heavy (non-hydrogen) atoms. The number of nitrogens with two attached hydrogens (primary N) is 1. The van der Waals surface area contributed by atoms with E-state index >= 15 is 0 Å². The Morgan fingerprint density at radius 3 is 2.18 bits per heavy atom. The topological polar surface area (TPSA) is 35.2 Å². The van der Waals surface area contributed by atoms with Gasteiger partial charge in [-0.15, -0.1) is 0 Å². The molecule has 0 saturated heterocycles. The molecule has 2 nitrogen and oxygen atoms in total. The van der Waals surface area contributed by atoms with Crippen molar-refractivity contribution in [3.8, 4) is 0 Å². The lowest BCUT2D eigenvalue weighted by atomic mass is 9.99. The molecule has 0 aromatic rings. The van der Waals surface area contributed by atoms with Crippen LogP contribution in [0.25, 0.3) is 0 Å². The largest absolute Gasteiger partial charge is 0.384 e. The minimum absolute atomic E-state index is 0.316. The van der Waals surface area contributed by atoms with E-state index in [2.05, 4.69) is 20.8 Å². The van der Waals surface area contributed by atoms with Crippen LogP contribution in [-0.4, -0.2) is 20.3 Å². The first-order valence-electron chi connectivity index (χ1n) is 4.19. The van der Waals surface area contributed by atoms with Gasteiger partial charge in [-0.1, -0.05) is 20.8 Å². The van der Waals surface area contributed by atoms with Gasteiger partial charge in [0.15, 0.2) is 0 Å². The van der Waals surface area contributed by atoms with E-state index in [1.807, 2.05) is 0 Å². The molecule has 2 atom stereocenters. The van der Waals surface area contributed by atoms with Crippen LogP contribution in [0.1, 0.15) is 20.8 Å². The zero-order valence-electron chi connectivity index (χ0n) is 7.98. The van der Waals surface area contributed by atoms with Gasteiger partial charge >= 0.3 is 0 Å². The van der Waals surface area contributed by atoms with Gasteiger partial charge < -0.3 is 10.5 Å². The molecule has 1 rings (SSSR count). The average molecular weight is 157 g/mol. The molecular weight excluding hydrogens is 138 g/mol. The molecule has 2 unspecified atom stereocenters. The van der Waals surface area contributed by atoms with Crippen LogP contribution in [0.2, 0.25) is 0 Å². The van der Waals surface area contributed by atoms with Crippen LogP contribution in [0, 0.1) is 16.7 Å². The summed E-state index contributed by atoms with van der Waals surface area (Å²) in [6.45, 7) is 8.41. The maximum Gasteiger partial charge on any atom is 0.0524 e. The zero-order chi connectivity index (χ0) is 8.70. The van der Waals surface area contributed by atoms with Gasteiger partial charge in [-0.2, -0.15) is 0 Å². The summed E-state index contributed by atoms with van der Waals surface area (Å²) >= 11 is 0. The lowest BCUT2D eigenvalue weighted by Crippen LogP contribution is -2.13. The molecule has 0 aliphatic heterocycles. The first-order valence-corrected chi connectivity index (χ1v) is 4.19. The highest BCUT2D eigenvalue weighted by molar-refractivity contribution is 5.14. The molecule has 1 aliphatic rings. The van der Waals surface area contributed by atoms with Crippen molar-refractivity contribution in [2.24, 2.45) is 22.5 Å². The average Bonchev–Trinajstić information content (AvgIpc) is 2.28. The summed E-state index contributed by atoms with van der Waals surface area (Å²) in [6, 6.07) is 0. The van der Waals surface area contributed by atoms with Gasteiger partial charge in [0.05, 0.1) is 6.61 Å². The number of rotatable bonds is 3. The molecule has 0 aromatic heterocycles. The van der Waals surface area contributed by atoms with Crippen molar-refractivity contribution in [3.05, 3.63) is 0 Å². The Bertz CT molecular complexity index is 156. The van der Waals surface area contributed by atoms with Gasteiger partial charge in [0, 0.05) is 12.5 Å². The molecule has 0 aromatic carbocycles. The number of ether oxygens (including phenoxy) is 1. The van der Waals surface area contributed by atoms with Gasteiger partial charge in [0.25, 0.3) is 0 Å². The van der Waals surface area contributed by atoms with E-state index in [0.717, 1.165) is 13.2 Å². The van der Waals surface area contributed by atoms with Gasteiger partial charge in [-0.3, -0.25) is 0 Å². The third kappa shape index (κ3) is 1.00. The molecule has 1 fully saturated rings. The van der Waals surface area contributed by atoms with Crippen molar-refractivity contribution in [1.29, 1.82) is 0 Å². The maximum absolute atomic E-state index is 5.66. The Morgan fingerprint density at radius 1 is 1.36 bits per heavy atom. The summed E-state index contributed by atoms with van der Waals surface area (Å²) in [4.78, 5) is 0. The van der Waals surface area contributed by atoms with E-state index in [1.54, 1.807) is 7.11 Å². The standard InChI is InChI=1S/C9H19NO/c1-8(2)7(5-10)9(8,3)6-11-4/h7H,5-6,10H2,1-4H3. The normalized spacial score (nSPS) is 40.6. The first kappa shape index (κ1) is 9.01. The van der Waals surface area contributed by atoms with E-state index in [9.17, 15) is 0 Å². The summed E-state index contributed by atoms with van der Waals surface area (Å²) in [5.41, 5.74) is 6.35. The van der Waals surface area contributed by atoms with Crippen LogP contribution in [-0.2, 0) is 4.74 Å². The molecule has 0 amide bonds. The fraction of sp³-hybridized carbons (Fsp3) is 1.00. The molecule has 0 bridgehead atoms. The Balaban J connectivity index is 2.61. The molecular formula is C9H19NO. The monoisotopic (exact) mass is 157 g/mol. The second-order valence-corrected chi connectivity index (χ2v) is 4.36. The zero-order valence-corrected chi connectivity index (χ0v) is 7.98. The van der Waals surface area contributed by atoms with Gasteiger partial charge in [-0.05, 0) is 17.9 Å². The van der Waals surface area contributed by atoms with Crippen LogP contribution in [0.15, 0.2) is 0 Å². The summed E-state index contributed by atoms with van der Waals surface area (Å²) < 4.78 is 5.18. The smallest absolute Gasteiger partial charge is 0.0524 e. The Morgan fingerprint density at radius 2 is 1.91 bits per heavy atom. The lowest BCUT2D eigenvalue weighted by molar-refractivity contribution is 0.127. The van der Waals surface area contributed by atoms with Gasteiger partial charge in [-0.25, -0.2) is 0 Å². The number of methoxy groups -OCH3 is 1. The maximum atomic E-state index is 5.66. The van der Waals surface area contributed by atoms with Crippen molar-refractivity contribution in [2.75, 3.05) is 20.3 Å². The Hall–Kier alpha value is -0.0800. The van der Waals surface area contributed by atoms with Crippen molar-refractivity contribution in [1.82, 2.24) is 0 Å². The van der Waals surface area contributed by atoms with E-state index in [0.29, 0.717) is 16.7 Å². The van der Waals surface area contributed by atoms with Crippen LogP contribution >= 0.6 is 0 Å². The Kier molecular flexibility index (Phi) is 2.01. The molecule has 0 spiro atoms. The van der Waals surface area contributed by atoms with Gasteiger partial charge in [0.1, 0.15) is 0 Å². The first-order chi connectivity index (χ1) is 5.00. The predicted octanol–water partition coefficient (Wildman–Crippen LogP) is 1.25. The van der Waals surface area contributed by atoms with E-state index in [1.165, 1.54) is 0 Å². The van der Waals surface area contributed by atoms with Crippen LogP contribution < -0.4 is 5.73 Å². The van der Waals surface area contributed by atoms with Crippen molar-refractivity contribution in [2.45, 2.75) is 20.8 Å². The van der Waals surface area contributed by atoms with Gasteiger partial charge in [0.2, 0.25) is 0 Å². The number of hydrogen-bond acceptors (Lipinski definition) is 2. The second kappa shape index (κ2) is 2.46. The molecule has 2 N–H and O–H groups in total. The lowest BCUT2D eigenvalue weighted by Gasteiger charge is -2.12. The van der Waals surface area contributed by atoms with Crippen molar-refractivity contribution < 1.29 is 4.74 Å². The van der Waals surface area contributed by atoms with E-state index < -0.39 is 0 Å². The summed E-state index contributed by atoms with van der Waals surface area (Å²) in [7, 11) is 1.76. The predicted molar refractivity (Wildman–Crippen MR) is 46.3 cm³/mol.